The third-order valence-electron chi connectivity index (χ3n) is 7.27. The van der Waals surface area contributed by atoms with Crippen LogP contribution in [0.25, 0.3) is 0 Å². The summed E-state index contributed by atoms with van der Waals surface area (Å²) in [5.41, 5.74) is 1.31. The van der Waals surface area contributed by atoms with Crippen molar-refractivity contribution >= 4 is 0 Å². The first kappa shape index (κ1) is 14.5. The fourth-order valence-corrected chi connectivity index (χ4v) is 5.51. The molecule has 0 aromatic carbocycles. The molecular formula is C19H34N2. The number of hydrogen-bond acceptors (Lipinski definition) is 2. The molecule has 2 N–H and O–H groups in total. The second-order valence-corrected chi connectivity index (χ2v) is 9.01. The molecule has 2 heterocycles. The maximum absolute atomic E-state index is 3.96. The van der Waals surface area contributed by atoms with E-state index in [1.807, 2.05) is 0 Å². The van der Waals surface area contributed by atoms with Crippen LogP contribution in [-0.4, -0.2) is 24.2 Å². The van der Waals surface area contributed by atoms with Crippen LogP contribution in [0, 0.1) is 11.3 Å². The van der Waals surface area contributed by atoms with Crippen LogP contribution in [0.1, 0.15) is 84.0 Å². The molecule has 120 valence electrons. The summed E-state index contributed by atoms with van der Waals surface area (Å²) in [6.45, 7) is 3.71. The smallest absolute Gasteiger partial charge is 0.0184 e. The highest BCUT2D eigenvalue weighted by Gasteiger charge is 2.45. The average Bonchev–Trinajstić information content (AvgIpc) is 3.24. The SMILES string of the molecule is CC1CCCC2(CCC(CC3CCC4(CC4)CN3)CC2)N1. The molecule has 2 spiro atoms. The van der Waals surface area contributed by atoms with Gasteiger partial charge in [0, 0.05) is 24.2 Å². The van der Waals surface area contributed by atoms with Gasteiger partial charge in [-0.3, -0.25) is 0 Å². The predicted molar refractivity (Wildman–Crippen MR) is 88.4 cm³/mol. The summed E-state index contributed by atoms with van der Waals surface area (Å²) in [6, 6.07) is 1.60. The van der Waals surface area contributed by atoms with Gasteiger partial charge >= 0.3 is 0 Å². The van der Waals surface area contributed by atoms with Gasteiger partial charge in [0.1, 0.15) is 0 Å². The lowest BCUT2D eigenvalue weighted by Crippen LogP contribution is -2.54. The van der Waals surface area contributed by atoms with Gasteiger partial charge in [-0.2, -0.15) is 0 Å². The average molecular weight is 290 g/mol. The number of piperidine rings is 2. The van der Waals surface area contributed by atoms with Crippen molar-refractivity contribution in [2.24, 2.45) is 11.3 Å². The van der Waals surface area contributed by atoms with E-state index >= 15 is 0 Å². The maximum Gasteiger partial charge on any atom is 0.0184 e. The fraction of sp³-hybridized carbons (Fsp3) is 1.00. The Labute approximate surface area is 130 Å². The van der Waals surface area contributed by atoms with Crippen molar-refractivity contribution in [1.82, 2.24) is 10.6 Å². The van der Waals surface area contributed by atoms with E-state index in [9.17, 15) is 0 Å². The molecule has 4 rings (SSSR count). The Bertz CT molecular complexity index is 356. The topological polar surface area (TPSA) is 24.1 Å². The Balaban J connectivity index is 1.24. The largest absolute Gasteiger partial charge is 0.313 e. The number of hydrogen-bond donors (Lipinski definition) is 2. The predicted octanol–water partition coefficient (Wildman–Crippen LogP) is 4.00. The van der Waals surface area contributed by atoms with Gasteiger partial charge in [0.2, 0.25) is 0 Å². The Hall–Kier alpha value is -0.0800. The molecule has 0 amide bonds. The van der Waals surface area contributed by atoms with Crippen molar-refractivity contribution in [2.45, 2.75) is 102 Å². The molecule has 2 saturated carbocycles. The molecule has 2 nitrogen and oxygen atoms in total. The van der Waals surface area contributed by atoms with E-state index in [1.165, 1.54) is 83.6 Å². The van der Waals surface area contributed by atoms with Gasteiger partial charge < -0.3 is 10.6 Å². The highest BCUT2D eigenvalue weighted by atomic mass is 15.0. The van der Waals surface area contributed by atoms with Crippen molar-refractivity contribution in [1.29, 1.82) is 0 Å². The molecule has 4 aliphatic rings. The number of rotatable bonds is 2. The first-order chi connectivity index (χ1) is 10.2. The van der Waals surface area contributed by atoms with Crippen LogP contribution in [0.5, 0.6) is 0 Å². The van der Waals surface area contributed by atoms with Gasteiger partial charge in [0.05, 0.1) is 0 Å². The summed E-state index contributed by atoms with van der Waals surface area (Å²) in [5, 5.41) is 7.84. The third-order valence-corrected chi connectivity index (χ3v) is 7.27. The zero-order chi connectivity index (χ0) is 14.3. The Morgan fingerprint density at radius 2 is 1.71 bits per heavy atom. The second-order valence-electron chi connectivity index (χ2n) is 9.01. The van der Waals surface area contributed by atoms with E-state index < -0.39 is 0 Å². The minimum atomic E-state index is 0.534. The molecule has 2 saturated heterocycles. The van der Waals surface area contributed by atoms with Crippen LogP contribution < -0.4 is 10.6 Å². The summed E-state index contributed by atoms with van der Waals surface area (Å²) in [6.07, 6.45) is 17.5. The minimum absolute atomic E-state index is 0.534. The van der Waals surface area contributed by atoms with Crippen LogP contribution in [-0.2, 0) is 0 Å². The van der Waals surface area contributed by atoms with Crippen LogP contribution in [0.4, 0.5) is 0 Å². The Morgan fingerprint density at radius 1 is 0.905 bits per heavy atom. The highest BCUT2D eigenvalue weighted by molar-refractivity contribution is 5.01. The van der Waals surface area contributed by atoms with Crippen molar-refractivity contribution in [3.63, 3.8) is 0 Å². The Morgan fingerprint density at radius 3 is 2.33 bits per heavy atom. The van der Waals surface area contributed by atoms with Gasteiger partial charge in [0.15, 0.2) is 0 Å². The Kier molecular flexibility index (Phi) is 3.82. The van der Waals surface area contributed by atoms with Crippen LogP contribution >= 0.6 is 0 Å². The van der Waals surface area contributed by atoms with Crippen LogP contribution in [0.2, 0.25) is 0 Å². The lowest BCUT2D eigenvalue weighted by atomic mass is 9.70. The molecular weight excluding hydrogens is 256 g/mol. The minimum Gasteiger partial charge on any atom is -0.313 e. The fourth-order valence-electron chi connectivity index (χ4n) is 5.51. The molecule has 0 bridgehead atoms. The summed E-state index contributed by atoms with van der Waals surface area (Å²) in [7, 11) is 0. The third kappa shape index (κ3) is 3.17. The first-order valence-electron chi connectivity index (χ1n) is 9.68. The first-order valence-corrected chi connectivity index (χ1v) is 9.68. The standard InChI is InChI=1S/C19H34N2/c1-15-3-2-7-19(21-15)9-4-16(5-10-19)13-17-6-8-18(11-12-18)14-20-17/h15-17,20-21H,2-14H2,1H3. The summed E-state index contributed by atoms with van der Waals surface area (Å²) < 4.78 is 0. The molecule has 2 aliphatic heterocycles. The van der Waals surface area contributed by atoms with Gasteiger partial charge in [-0.1, -0.05) is 6.42 Å². The normalized spacial score (nSPS) is 38.7. The lowest BCUT2D eigenvalue weighted by Gasteiger charge is -2.46. The van der Waals surface area contributed by atoms with Gasteiger partial charge in [0.25, 0.3) is 0 Å². The summed E-state index contributed by atoms with van der Waals surface area (Å²) in [5.74, 6) is 1.00. The summed E-state index contributed by atoms with van der Waals surface area (Å²) >= 11 is 0. The monoisotopic (exact) mass is 290 g/mol. The quantitative estimate of drug-likeness (QED) is 0.803. The molecule has 2 aliphatic carbocycles. The summed E-state index contributed by atoms with van der Waals surface area (Å²) in [4.78, 5) is 0. The molecule has 0 radical (unpaired) electrons. The molecule has 4 fully saturated rings. The van der Waals surface area contributed by atoms with E-state index in [1.54, 1.807) is 0 Å². The van der Waals surface area contributed by atoms with Gasteiger partial charge in [-0.05, 0) is 88.9 Å². The van der Waals surface area contributed by atoms with Crippen molar-refractivity contribution in [3.8, 4) is 0 Å². The molecule has 0 aromatic heterocycles. The van der Waals surface area contributed by atoms with Crippen LogP contribution in [0.3, 0.4) is 0 Å². The molecule has 0 aromatic rings. The lowest BCUT2D eigenvalue weighted by molar-refractivity contribution is 0.119. The molecule has 2 heteroatoms. The number of nitrogens with one attached hydrogen (secondary N) is 2. The van der Waals surface area contributed by atoms with Crippen molar-refractivity contribution < 1.29 is 0 Å². The zero-order valence-corrected chi connectivity index (χ0v) is 13.9. The van der Waals surface area contributed by atoms with Gasteiger partial charge in [-0.25, -0.2) is 0 Å². The van der Waals surface area contributed by atoms with E-state index in [0.717, 1.165) is 23.4 Å². The highest BCUT2D eigenvalue weighted by Crippen LogP contribution is 2.51. The maximum atomic E-state index is 3.96. The van der Waals surface area contributed by atoms with Crippen LogP contribution in [0.15, 0.2) is 0 Å². The van der Waals surface area contributed by atoms with E-state index in [-0.39, 0.29) is 0 Å². The van der Waals surface area contributed by atoms with E-state index in [4.69, 9.17) is 0 Å². The van der Waals surface area contributed by atoms with E-state index in [0.29, 0.717) is 5.54 Å². The second kappa shape index (κ2) is 5.53. The van der Waals surface area contributed by atoms with Gasteiger partial charge in [-0.15, -0.1) is 0 Å². The molecule has 21 heavy (non-hydrogen) atoms. The van der Waals surface area contributed by atoms with Crippen molar-refractivity contribution in [3.05, 3.63) is 0 Å². The molecule has 2 atom stereocenters. The van der Waals surface area contributed by atoms with Crippen molar-refractivity contribution in [2.75, 3.05) is 6.54 Å². The van der Waals surface area contributed by atoms with E-state index in [2.05, 4.69) is 17.6 Å². The molecule has 2 unspecified atom stereocenters. The zero-order valence-electron chi connectivity index (χ0n) is 13.9.